The van der Waals surface area contributed by atoms with Crippen LogP contribution >= 0.6 is 11.3 Å². The van der Waals surface area contributed by atoms with E-state index in [9.17, 15) is 4.79 Å². The van der Waals surface area contributed by atoms with Crippen LogP contribution in [0.1, 0.15) is 38.3 Å². The first-order valence-corrected chi connectivity index (χ1v) is 8.30. The first-order chi connectivity index (χ1) is 9.72. The molecule has 0 bridgehead atoms. The molecule has 110 valence electrons. The molecule has 0 radical (unpaired) electrons. The van der Waals surface area contributed by atoms with Gasteiger partial charge in [0.1, 0.15) is 0 Å². The predicted octanol–water partition coefficient (Wildman–Crippen LogP) is 1.82. The SMILES string of the molecule is CC(=O)Nc1nc(CN2CCCC2C2CCCN2)cs1. The highest BCUT2D eigenvalue weighted by Crippen LogP contribution is 2.27. The van der Waals surface area contributed by atoms with Gasteiger partial charge in [0.15, 0.2) is 5.13 Å². The van der Waals surface area contributed by atoms with Crippen LogP contribution in [0.4, 0.5) is 5.13 Å². The molecule has 0 saturated carbocycles. The van der Waals surface area contributed by atoms with Crippen LogP contribution in [0, 0.1) is 0 Å². The maximum atomic E-state index is 11.0. The van der Waals surface area contributed by atoms with E-state index in [-0.39, 0.29) is 5.91 Å². The van der Waals surface area contributed by atoms with Crippen molar-refractivity contribution >= 4 is 22.4 Å². The molecule has 1 amide bonds. The standard InChI is InChI=1S/C14H22N4OS/c1-10(19)16-14-17-11(9-20-14)8-18-7-3-5-13(18)12-4-2-6-15-12/h9,12-13,15H,2-8H2,1H3,(H,16,17,19). The van der Waals surface area contributed by atoms with E-state index in [0.717, 1.165) is 18.8 Å². The predicted molar refractivity (Wildman–Crippen MR) is 80.9 cm³/mol. The summed E-state index contributed by atoms with van der Waals surface area (Å²) in [6.45, 7) is 4.75. The van der Waals surface area contributed by atoms with Gasteiger partial charge in [-0.15, -0.1) is 11.3 Å². The van der Waals surface area contributed by atoms with E-state index in [4.69, 9.17) is 0 Å². The fourth-order valence-electron chi connectivity index (χ4n) is 3.34. The fraction of sp³-hybridized carbons (Fsp3) is 0.714. The Morgan fingerprint density at radius 2 is 2.45 bits per heavy atom. The summed E-state index contributed by atoms with van der Waals surface area (Å²) in [6.07, 6.45) is 5.18. The Bertz CT molecular complexity index is 469. The molecule has 2 aliphatic rings. The van der Waals surface area contributed by atoms with Crippen molar-refractivity contribution in [3.8, 4) is 0 Å². The number of nitrogens with zero attached hydrogens (tertiary/aromatic N) is 2. The van der Waals surface area contributed by atoms with Gasteiger partial charge in [0, 0.05) is 30.9 Å². The zero-order valence-electron chi connectivity index (χ0n) is 11.9. The largest absolute Gasteiger partial charge is 0.312 e. The van der Waals surface area contributed by atoms with E-state index in [1.165, 1.54) is 50.5 Å². The smallest absolute Gasteiger partial charge is 0.223 e. The topological polar surface area (TPSA) is 57.3 Å². The van der Waals surface area contributed by atoms with Gasteiger partial charge in [-0.1, -0.05) is 0 Å². The van der Waals surface area contributed by atoms with E-state index < -0.39 is 0 Å². The van der Waals surface area contributed by atoms with Crippen molar-refractivity contribution < 1.29 is 4.79 Å². The minimum absolute atomic E-state index is 0.0555. The van der Waals surface area contributed by atoms with Gasteiger partial charge in [-0.3, -0.25) is 9.69 Å². The van der Waals surface area contributed by atoms with Gasteiger partial charge in [0.2, 0.25) is 5.91 Å². The number of anilines is 1. The third-order valence-electron chi connectivity index (χ3n) is 4.18. The van der Waals surface area contributed by atoms with Gasteiger partial charge >= 0.3 is 0 Å². The molecular weight excluding hydrogens is 272 g/mol. The highest BCUT2D eigenvalue weighted by atomic mass is 32.1. The Morgan fingerprint density at radius 3 is 3.20 bits per heavy atom. The number of amides is 1. The molecule has 0 aromatic carbocycles. The van der Waals surface area contributed by atoms with Gasteiger partial charge in [-0.05, 0) is 38.8 Å². The first-order valence-electron chi connectivity index (χ1n) is 7.42. The van der Waals surface area contributed by atoms with E-state index in [2.05, 4.69) is 25.9 Å². The van der Waals surface area contributed by atoms with Gasteiger partial charge < -0.3 is 10.6 Å². The van der Waals surface area contributed by atoms with Gasteiger partial charge in [0.25, 0.3) is 0 Å². The van der Waals surface area contributed by atoms with Crippen molar-refractivity contribution in [1.29, 1.82) is 0 Å². The lowest BCUT2D eigenvalue weighted by Gasteiger charge is -2.28. The van der Waals surface area contributed by atoms with Crippen molar-refractivity contribution in [3.63, 3.8) is 0 Å². The monoisotopic (exact) mass is 294 g/mol. The molecule has 2 aliphatic heterocycles. The molecule has 6 heteroatoms. The van der Waals surface area contributed by atoms with Crippen LogP contribution in [0.15, 0.2) is 5.38 Å². The molecule has 2 atom stereocenters. The van der Waals surface area contributed by atoms with E-state index in [1.807, 2.05) is 0 Å². The molecule has 2 N–H and O–H groups in total. The third-order valence-corrected chi connectivity index (χ3v) is 4.98. The summed E-state index contributed by atoms with van der Waals surface area (Å²) < 4.78 is 0. The van der Waals surface area contributed by atoms with E-state index >= 15 is 0 Å². The number of carbonyl (C=O) groups is 1. The average molecular weight is 294 g/mol. The van der Waals surface area contributed by atoms with Crippen LogP contribution in [0.25, 0.3) is 0 Å². The molecule has 0 aliphatic carbocycles. The number of aromatic nitrogens is 1. The number of hydrogen-bond acceptors (Lipinski definition) is 5. The molecule has 1 aromatic rings. The lowest BCUT2D eigenvalue weighted by Crippen LogP contribution is -2.43. The quantitative estimate of drug-likeness (QED) is 0.889. The Labute approximate surface area is 123 Å². The van der Waals surface area contributed by atoms with Crippen LogP contribution < -0.4 is 10.6 Å². The van der Waals surface area contributed by atoms with Gasteiger partial charge in [-0.2, -0.15) is 0 Å². The second kappa shape index (κ2) is 6.20. The van der Waals surface area contributed by atoms with Crippen LogP contribution in [0.2, 0.25) is 0 Å². The second-order valence-corrected chi connectivity index (χ2v) is 6.57. The minimum atomic E-state index is -0.0555. The lowest BCUT2D eigenvalue weighted by molar-refractivity contribution is -0.114. The number of hydrogen-bond donors (Lipinski definition) is 2. The third kappa shape index (κ3) is 3.19. The summed E-state index contributed by atoms with van der Waals surface area (Å²) in [6, 6.07) is 1.31. The summed E-state index contributed by atoms with van der Waals surface area (Å²) in [4.78, 5) is 18.1. The number of nitrogens with one attached hydrogen (secondary N) is 2. The molecule has 1 aromatic heterocycles. The lowest BCUT2D eigenvalue weighted by atomic mass is 10.0. The second-order valence-electron chi connectivity index (χ2n) is 5.71. The maximum absolute atomic E-state index is 11.0. The zero-order chi connectivity index (χ0) is 13.9. The molecular formula is C14H22N4OS. The summed E-state index contributed by atoms with van der Waals surface area (Å²) >= 11 is 1.51. The van der Waals surface area contributed by atoms with Crippen molar-refractivity contribution in [1.82, 2.24) is 15.2 Å². The number of likely N-dealkylation sites (tertiary alicyclic amines) is 1. The molecule has 0 spiro atoms. The summed E-state index contributed by atoms with van der Waals surface area (Å²) in [5.41, 5.74) is 1.07. The van der Waals surface area contributed by atoms with Crippen LogP contribution in [-0.4, -0.2) is 41.0 Å². The highest BCUT2D eigenvalue weighted by Gasteiger charge is 2.33. The van der Waals surface area contributed by atoms with E-state index in [0.29, 0.717) is 17.2 Å². The molecule has 2 unspecified atom stereocenters. The Kier molecular flexibility index (Phi) is 4.33. The van der Waals surface area contributed by atoms with Crippen LogP contribution in [0.5, 0.6) is 0 Å². The van der Waals surface area contributed by atoms with Gasteiger partial charge in [0.05, 0.1) is 5.69 Å². The Hall–Kier alpha value is -0.980. The molecule has 3 rings (SSSR count). The van der Waals surface area contributed by atoms with E-state index in [1.54, 1.807) is 0 Å². The highest BCUT2D eigenvalue weighted by molar-refractivity contribution is 7.13. The van der Waals surface area contributed by atoms with Crippen LogP contribution in [0.3, 0.4) is 0 Å². The van der Waals surface area contributed by atoms with Crippen molar-refractivity contribution in [2.45, 2.75) is 51.2 Å². The number of rotatable bonds is 4. The van der Waals surface area contributed by atoms with Crippen molar-refractivity contribution in [2.75, 3.05) is 18.4 Å². The Balaban J connectivity index is 1.61. The number of carbonyl (C=O) groups excluding carboxylic acids is 1. The van der Waals surface area contributed by atoms with Crippen molar-refractivity contribution in [2.24, 2.45) is 0 Å². The molecule has 2 fully saturated rings. The summed E-state index contributed by atoms with van der Waals surface area (Å²) in [7, 11) is 0. The molecule has 3 heterocycles. The molecule has 2 saturated heterocycles. The number of thiazole rings is 1. The normalized spacial score (nSPS) is 27.1. The zero-order valence-corrected chi connectivity index (χ0v) is 12.7. The first kappa shape index (κ1) is 14.0. The molecule has 5 nitrogen and oxygen atoms in total. The van der Waals surface area contributed by atoms with Gasteiger partial charge in [-0.25, -0.2) is 4.98 Å². The fourth-order valence-corrected chi connectivity index (χ4v) is 4.09. The average Bonchev–Trinajstić information content (AvgIpc) is 3.10. The van der Waals surface area contributed by atoms with Crippen molar-refractivity contribution in [3.05, 3.63) is 11.1 Å². The maximum Gasteiger partial charge on any atom is 0.223 e. The minimum Gasteiger partial charge on any atom is -0.312 e. The summed E-state index contributed by atoms with van der Waals surface area (Å²) in [5, 5.41) is 9.15. The van der Waals surface area contributed by atoms with Crippen LogP contribution in [-0.2, 0) is 11.3 Å². The Morgan fingerprint density at radius 1 is 1.55 bits per heavy atom. The molecule has 20 heavy (non-hydrogen) atoms. The summed E-state index contributed by atoms with van der Waals surface area (Å²) in [5.74, 6) is -0.0555.